The van der Waals surface area contributed by atoms with Crippen LogP contribution in [0.25, 0.3) is 66.8 Å². The Morgan fingerprint density at radius 2 is 0.468 bits per heavy atom. The molecule has 0 saturated carbocycles. The van der Waals surface area contributed by atoms with E-state index in [9.17, 15) is 0 Å². The molecule has 4 aliphatic carbocycles. The van der Waals surface area contributed by atoms with E-state index in [2.05, 4.69) is 258 Å². The van der Waals surface area contributed by atoms with Gasteiger partial charge in [-0.15, -0.1) is 0 Å². The lowest BCUT2D eigenvalue weighted by molar-refractivity contribution is 0.659. The van der Waals surface area contributed by atoms with Crippen LogP contribution in [0.5, 0.6) is 0 Å². The minimum atomic E-state index is 0.0186. The summed E-state index contributed by atoms with van der Waals surface area (Å²) in [6, 6.07) is 59.7. The van der Waals surface area contributed by atoms with E-state index >= 15 is 0 Å². The molecule has 0 nitrogen and oxygen atoms in total. The monoisotopic (exact) mass is 1020 g/mol. The van der Waals surface area contributed by atoms with E-state index in [1.54, 1.807) is 0 Å². The third kappa shape index (κ3) is 5.81. The molecule has 0 aliphatic heterocycles. The predicted octanol–water partition coefficient (Wildman–Crippen LogP) is 17.1. The fourth-order valence-electron chi connectivity index (χ4n) is 11.5. The van der Waals surface area contributed by atoms with Crippen molar-refractivity contribution in [2.75, 3.05) is 0 Å². The first kappa shape index (κ1) is 40.0. The SMILES string of the molecule is CC1(C)c2cc(I)ccc2-c2ccc(-c3ccc4c(c3)C(C)(C)c3cc(I)ccc3-4)cc21.CC1(C)c2ccccc2-c2ccc(-c3ccc4c(c3)C(C)(C)c3ccccc3-4)cc21. The van der Waals surface area contributed by atoms with E-state index in [0.717, 1.165) is 0 Å². The van der Waals surface area contributed by atoms with Crippen molar-refractivity contribution in [3.63, 3.8) is 0 Å². The van der Waals surface area contributed by atoms with Gasteiger partial charge in [0.25, 0.3) is 0 Å². The van der Waals surface area contributed by atoms with Crippen LogP contribution in [0.2, 0.25) is 0 Å². The summed E-state index contributed by atoms with van der Waals surface area (Å²) in [4.78, 5) is 0. The maximum absolute atomic E-state index is 2.43. The van der Waals surface area contributed by atoms with Crippen molar-refractivity contribution < 1.29 is 0 Å². The third-order valence-corrected chi connectivity index (χ3v) is 16.5. The molecule has 0 unspecified atom stereocenters. The standard InChI is InChI=1S/C30H24I2.C30H26/c1-29(2)25-13-17(5-9-21(25)23-11-7-19(31)15-27(23)29)18-6-10-22-24-12-8-20(32)16-28(24)30(3,4)26(22)14-18;1-29(2)25-11-7-5-9-21(25)23-15-13-19(17-27(23)29)20-14-16-24-22-10-6-8-12-26(22)30(3,4)28(24)18-20/h5-16H,1-4H3;5-18H,1-4H3. The summed E-state index contributed by atoms with van der Waals surface area (Å²) < 4.78 is 2.61. The Kier molecular flexibility index (Phi) is 8.95. The van der Waals surface area contributed by atoms with Gasteiger partial charge in [0, 0.05) is 28.8 Å². The molecule has 0 bridgehead atoms. The van der Waals surface area contributed by atoms with Gasteiger partial charge >= 0.3 is 0 Å². The Balaban J connectivity index is 0.000000140. The molecule has 4 aliphatic rings. The third-order valence-electron chi connectivity index (χ3n) is 15.1. The van der Waals surface area contributed by atoms with Crippen molar-refractivity contribution in [1.82, 2.24) is 0 Å². The quantitative estimate of drug-likeness (QED) is 0.151. The lowest BCUT2D eigenvalue weighted by atomic mass is 9.80. The smallest absolute Gasteiger partial charge is 0.0159 e. The number of hydrogen-bond donors (Lipinski definition) is 0. The molecule has 0 atom stereocenters. The summed E-state index contributed by atoms with van der Waals surface area (Å²) in [5.41, 5.74) is 27.9. The summed E-state index contributed by atoms with van der Waals surface area (Å²) in [6.07, 6.45) is 0. The van der Waals surface area contributed by atoms with Crippen LogP contribution in [0.1, 0.15) is 99.9 Å². The highest BCUT2D eigenvalue weighted by molar-refractivity contribution is 14.1. The van der Waals surface area contributed by atoms with Gasteiger partial charge in [-0.25, -0.2) is 0 Å². The fraction of sp³-hybridized carbons (Fsp3) is 0.200. The first-order valence-electron chi connectivity index (χ1n) is 22.0. The normalized spacial score (nSPS) is 16.4. The lowest BCUT2D eigenvalue weighted by Crippen LogP contribution is -2.15. The summed E-state index contributed by atoms with van der Waals surface area (Å²) in [5, 5.41) is 0. The van der Waals surface area contributed by atoms with Crippen LogP contribution in [-0.4, -0.2) is 0 Å². The van der Waals surface area contributed by atoms with Crippen LogP contribution in [0.3, 0.4) is 0 Å². The molecule has 0 saturated heterocycles. The van der Waals surface area contributed by atoms with Gasteiger partial charge in [0.05, 0.1) is 0 Å². The molecule has 8 aromatic carbocycles. The van der Waals surface area contributed by atoms with Crippen molar-refractivity contribution in [2.45, 2.75) is 77.0 Å². The highest BCUT2D eigenvalue weighted by atomic mass is 127. The summed E-state index contributed by atoms with van der Waals surface area (Å²) in [5.74, 6) is 0. The molecule has 0 heterocycles. The minimum absolute atomic E-state index is 0.0186. The lowest BCUT2D eigenvalue weighted by Gasteiger charge is -2.23. The molecule has 0 fully saturated rings. The molecule has 0 spiro atoms. The van der Waals surface area contributed by atoms with Crippen molar-refractivity contribution >= 4 is 45.2 Å². The van der Waals surface area contributed by atoms with E-state index in [1.807, 2.05) is 0 Å². The number of halogens is 2. The molecule has 0 N–H and O–H groups in total. The number of rotatable bonds is 2. The Labute approximate surface area is 395 Å². The second kappa shape index (κ2) is 13.9. The van der Waals surface area contributed by atoms with Gasteiger partial charge in [0.2, 0.25) is 0 Å². The van der Waals surface area contributed by atoms with Gasteiger partial charge in [-0.2, -0.15) is 0 Å². The number of fused-ring (bicyclic) bond motifs is 12. The maximum atomic E-state index is 2.43. The van der Waals surface area contributed by atoms with Gasteiger partial charge in [0.1, 0.15) is 0 Å². The molecule has 2 heteroatoms. The average Bonchev–Trinajstić information content (AvgIpc) is 3.83. The number of hydrogen-bond acceptors (Lipinski definition) is 0. The van der Waals surface area contributed by atoms with Crippen LogP contribution < -0.4 is 0 Å². The van der Waals surface area contributed by atoms with Crippen molar-refractivity contribution in [3.05, 3.63) is 209 Å². The van der Waals surface area contributed by atoms with Crippen LogP contribution in [0.4, 0.5) is 0 Å². The van der Waals surface area contributed by atoms with E-state index in [0.29, 0.717) is 0 Å². The molecule has 0 radical (unpaired) electrons. The minimum Gasteiger partial charge on any atom is -0.0619 e. The fourth-order valence-corrected chi connectivity index (χ4v) is 12.5. The van der Waals surface area contributed by atoms with Gasteiger partial charge in [-0.1, -0.05) is 165 Å². The topological polar surface area (TPSA) is 0 Å². The Bertz CT molecular complexity index is 2990. The molecule has 62 heavy (non-hydrogen) atoms. The molecule has 304 valence electrons. The first-order valence-corrected chi connectivity index (χ1v) is 24.1. The zero-order valence-electron chi connectivity index (χ0n) is 36.8. The summed E-state index contributed by atoms with van der Waals surface area (Å²) >= 11 is 4.85. The molecule has 8 aromatic rings. The molecule has 12 rings (SSSR count). The van der Waals surface area contributed by atoms with E-state index in [4.69, 9.17) is 0 Å². The van der Waals surface area contributed by atoms with Crippen LogP contribution in [0, 0.1) is 7.14 Å². The van der Waals surface area contributed by atoms with Gasteiger partial charge in [-0.3, -0.25) is 0 Å². The van der Waals surface area contributed by atoms with Crippen molar-refractivity contribution in [3.8, 4) is 66.8 Å². The zero-order valence-corrected chi connectivity index (χ0v) is 41.1. The second-order valence-corrected chi connectivity index (χ2v) is 22.5. The second-order valence-electron chi connectivity index (χ2n) is 20.0. The number of benzene rings is 8. The van der Waals surface area contributed by atoms with Crippen molar-refractivity contribution in [2.24, 2.45) is 0 Å². The van der Waals surface area contributed by atoms with Gasteiger partial charge < -0.3 is 0 Å². The van der Waals surface area contributed by atoms with E-state index in [-0.39, 0.29) is 21.7 Å². The highest BCUT2D eigenvalue weighted by Crippen LogP contribution is 2.54. The first-order chi connectivity index (χ1) is 29.6. The average molecular weight is 1020 g/mol. The largest absolute Gasteiger partial charge is 0.0619 e. The summed E-state index contributed by atoms with van der Waals surface area (Å²) in [6.45, 7) is 18.9. The zero-order chi connectivity index (χ0) is 43.1. The Morgan fingerprint density at radius 1 is 0.242 bits per heavy atom. The van der Waals surface area contributed by atoms with Crippen LogP contribution >= 0.6 is 45.2 Å². The molecule has 0 aromatic heterocycles. The van der Waals surface area contributed by atoms with Gasteiger partial charge in [0.15, 0.2) is 0 Å². The van der Waals surface area contributed by atoms with E-state index in [1.165, 1.54) is 118 Å². The predicted molar refractivity (Wildman–Crippen MR) is 279 cm³/mol. The Morgan fingerprint density at radius 3 is 0.774 bits per heavy atom. The summed E-state index contributed by atoms with van der Waals surface area (Å²) in [7, 11) is 0. The van der Waals surface area contributed by atoms with Crippen LogP contribution in [0.15, 0.2) is 158 Å². The van der Waals surface area contributed by atoms with Crippen LogP contribution in [-0.2, 0) is 21.7 Å². The van der Waals surface area contributed by atoms with Crippen molar-refractivity contribution in [1.29, 1.82) is 0 Å². The van der Waals surface area contributed by atoms with E-state index < -0.39 is 0 Å². The maximum Gasteiger partial charge on any atom is 0.0159 e. The highest BCUT2D eigenvalue weighted by Gasteiger charge is 2.39. The molecular weight excluding hydrogens is 974 g/mol. The molecule has 0 amide bonds. The Hall–Kier alpha value is -4.78. The molecular formula is C60H50I2. The van der Waals surface area contributed by atoms with Gasteiger partial charge in [-0.05, 0) is 205 Å².